The van der Waals surface area contributed by atoms with E-state index in [2.05, 4.69) is 10.1 Å². The molecule has 2 aromatic rings. The third-order valence-corrected chi connectivity index (χ3v) is 2.78. The lowest BCUT2D eigenvalue weighted by Gasteiger charge is -2.11. The maximum absolute atomic E-state index is 13.5. The van der Waals surface area contributed by atoms with E-state index in [0.717, 1.165) is 6.07 Å². The van der Waals surface area contributed by atoms with Crippen molar-refractivity contribution in [3.8, 4) is 5.75 Å². The van der Waals surface area contributed by atoms with Gasteiger partial charge in [-0.3, -0.25) is 0 Å². The van der Waals surface area contributed by atoms with Crippen molar-refractivity contribution in [2.75, 3.05) is 0 Å². The molecule has 21 heavy (non-hydrogen) atoms. The Morgan fingerprint density at radius 1 is 1.48 bits per heavy atom. The molecule has 0 amide bonds. The Bertz CT molecular complexity index is 640. The summed E-state index contributed by atoms with van der Waals surface area (Å²) in [6, 6.07) is 3.89. The molecule has 0 unspecified atom stereocenters. The number of aromatic carboxylic acids is 1. The van der Waals surface area contributed by atoms with Crippen LogP contribution in [0.15, 0.2) is 24.5 Å². The summed E-state index contributed by atoms with van der Waals surface area (Å²) in [4.78, 5) is 15.1. The van der Waals surface area contributed by atoms with E-state index in [4.69, 9.17) is 9.84 Å². The van der Waals surface area contributed by atoms with Gasteiger partial charge in [-0.2, -0.15) is 5.10 Å². The van der Waals surface area contributed by atoms with E-state index in [1.54, 1.807) is 4.68 Å². The van der Waals surface area contributed by atoms with Crippen molar-refractivity contribution >= 4 is 5.97 Å². The number of aromatic nitrogens is 3. The fourth-order valence-corrected chi connectivity index (χ4v) is 1.87. The summed E-state index contributed by atoms with van der Waals surface area (Å²) in [6.45, 7) is 4.78. The average molecular weight is 293 g/mol. The van der Waals surface area contributed by atoms with E-state index < -0.39 is 17.3 Å². The Morgan fingerprint density at radius 2 is 2.24 bits per heavy atom. The number of benzene rings is 1. The fourth-order valence-electron chi connectivity index (χ4n) is 1.87. The summed E-state index contributed by atoms with van der Waals surface area (Å²) in [7, 11) is 0. The highest BCUT2D eigenvalue weighted by atomic mass is 19.1. The zero-order valence-corrected chi connectivity index (χ0v) is 11.8. The first-order valence-electron chi connectivity index (χ1n) is 6.50. The van der Waals surface area contributed by atoms with Gasteiger partial charge in [0.2, 0.25) is 0 Å². The minimum Gasteiger partial charge on any atom is -0.485 e. The maximum Gasteiger partial charge on any atom is 0.342 e. The smallest absolute Gasteiger partial charge is 0.342 e. The van der Waals surface area contributed by atoms with Gasteiger partial charge in [-0.15, -0.1) is 0 Å². The summed E-state index contributed by atoms with van der Waals surface area (Å²) in [6.07, 6.45) is 1.41. The first-order valence-corrected chi connectivity index (χ1v) is 6.50. The summed E-state index contributed by atoms with van der Waals surface area (Å²) < 4.78 is 20.6. The normalized spacial score (nSPS) is 10.9. The van der Waals surface area contributed by atoms with E-state index in [-0.39, 0.29) is 12.4 Å². The molecule has 2 rings (SSSR count). The van der Waals surface area contributed by atoms with Crippen molar-refractivity contribution in [2.24, 2.45) is 5.92 Å². The number of hydrogen-bond donors (Lipinski definition) is 1. The molecule has 0 spiro atoms. The molecule has 1 aromatic carbocycles. The second-order valence-corrected chi connectivity index (χ2v) is 4.96. The Hall–Kier alpha value is -2.44. The molecule has 1 N–H and O–H groups in total. The maximum atomic E-state index is 13.5. The third-order valence-electron chi connectivity index (χ3n) is 2.78. The van der Waals surface area contributed by atoms with E-state index in [9.17, 15) is 9.18 Å². The predicted octanol–water partition coefficient (Wildman–Crippen LogP) is 2.35. The third kappa shape index (κ3) is 3.56. The van der Waals surface area contributed by atoms with E-state index in [0.29, 0.717) is 18.3 Å². The summed E-state index contributed by atoms with van der Waals surface area (Å²) in [5, 5.41) is 13.1. The van der Waals surface area contributed by atoms with Crippen LogP contribution in [0.3, 0.4) is 0 Å². The van der Waals surface area contributed by atoms with E-state index in [1.807, 2.05) is 13.8 Å². The fraction of sp³-hybridized carbons (Fsp3) is 0.357. The van der Waals surface area contributed by atoms with Crippen LogP contribution in [0.25, 0.3) is 0 Å². The van der Waals surface area contributed by atoms with Crippen molar-refractivity contribution in [2.45, 2.75) is 27.0 Å². The lowest BCUT2D eigenvalue weighted by atomic mass is 10.2. The van der Waals surface area contributed by atoms with Crippen LogP contribution in [0.1, 0.15) is 30.0 Å². The number of rotatable bonds is 6. The van der Waals surface area contributed by atoms with Crippen LogP contribution < -0.4 is 4.74 Å². The van der Waals surface area contributed by atoms with Gasteiger partial charge in [0.25, 0.3) is 0 Å². The lowest BCUT2D eigenvalue weighted by molar-refractivity contribution is 0.0686. The zero-order chi connectivity index (χ0) is 15.4. The van der Waals surface area contributed by atoms with Crippen molar-refractivity contribution < 1.29 is 19.0 Å². The first-order chi connectivity index (χ1) is 9.99. The van der Waals surface area contributed by atoms with Crippen LogP contribution in [0.4, 0.5) is 4.39 Å². The Balaban J connectivity index is 2.16. The summed E-state index contributed by atoms with van der Waals surface area (Å²) in [5.74, 6) is -1.28. The first kappa shape index (κ1) is 15.0. The van der Waals surface area contributed by atoms with Gasteiger partial charge in [-0.25, -0.2) is 18.9 Å². The van der Waals surface area contributed by atoms with Crippen molar-refractivity contribution in [1.29, 1.82) is 0 Å². The molecule has 0 bridgehead atoms. The molecule has 0 aliphatic rings. The van der Waals surface area contributed by atoms with Crippen LogP contribution >= 0.6 is 0 Å². The van der Waals surface area contributed by atoms with Gasteiger partial charge >= 0.3 is 5.97 Å². The molecule has 0 fully saturated rings. The number of ether oxygens (including phenoxy) is 1. The highest BCUT2D eigenvalue weighted by Crippen LogP contribution is 2.22. The zero-order valence-electron chi connectivity index (χ0n) is 11.8. The highest BCUT2D eigenvalue weighted by molar-refractivity contribution is 5.91. The molecule has 0 radical (unpaired) electrons. The lowest BCUT2D eigenvalue weighted by Crippen LogP contribution is -2.13. The van der Waals surface area contributed by atoms with Gasteiger partial charge in [0.05, 0.1) is 0 Å². The minimum absolute atomic E-state index is 0.0243. The van der Waals surface area contributed by atoms with Crippen LogP contribution in [0.2, 0.25) is 0 Å². The van der Waals surface area contributed by atoms with Gasteiger partial charge in [0, 0.05) is 6.54 Å². The minimum atomic E-state index is -1.37. The Morgan fingerprint density at radius 3 is 2.90 bits per heavy atom. The molecule has 0 saturated heterocycles. The quantitative estimate of drug-likeness (QED) is 0.884. The molecule has 0 saturated carbocycles. The second kappa shape index (κ2) is 6.34. The second-order valence-electron chi connectivity index (χ2n) is 4.96. The van der Waals surface area contributed by atoms with Crippen molar-refractivity contribution in [1.82, 2.24) is 14.8 Å². The number of carboxylic acids is 1. The molecule has 1 heterocycles. The Labute approximate surface area is 121 Å². The summed E-state index contributed by atoms with van der Waals surface area (Å²) >= 11 is 0. The largest absolute Gasteiger partial charge is 0.485 e. The number of carboxylic acid groups (broad SMARTS) is 1. The molecule has 112 valence electrons. The van der Waals surface area contributed by atoms with Crippen LogP contribution in [-0.4, -0.2) is 25.8 Å². The molecule has 0 atom stereocenters. The van der Waals surface area contributed by atoms with Gasteiger partial charge in [0.15, 0.2) is 5.82 Å². The van der Waals surface area contributed by atoms with E-state index >= 15 is 0 Å². The summed E-state index contributed by atoms with van der Waals surface area (Å²) in [5.41, 5.74) is -0.479. The molecule has 7 heteroatoms. The number of carbonyl (C=O) groups is 1. The van der Waals surface area contributed by atoms with Crippen LogP contribution in [0.5, 0.6) is 5.75 Å². The predicted molar refractivity (Wildman–Crippen MR) is 72.6 cm³/mol. The van der Waals surface area contributed by atoms with E-state index in [1.165, 1.54) is 18.5 Å². The van der Waals surface area contributed by atoms with Crippen molar-refractivity contribution in [3.63, 3.8) is 0 Å². The van der Waals surface area contributed by atoms with Crippen LogP contribution in [0, 0.1) is 11.7 Å². The molecule has 6 nitrogen and oxygen atoms in total. The van der Waals surface area contributed by atoms with Gasteiger partial charge in [0.1, 0.15) is 30.1 Å². The number of hydrogen-bond acceptors (Lipinski definition) is 4. The SMILES string of the molecule is CC(C)Cn1ncnc1COc1cccc(F)c1C(=O)O. The topological polar surface area (TPSA) is 77.2 Å². The van der Waals surface area contributed by atoms with Crippen molar-refractivity contribution in [3.05, 3.63) is 41.7 Å². The highest BCUT2D eigenvalue weighted by Gasteiger charge is 2.17. The number of nitrogens with zero attached hydrogens (tertiary/aromatic N) is 3. The van der Waals surface area contributed by atoms with Gasteiger partial charge < -0.3 is 9.84 Å². The molecule has 1 aromatic heterocycles. The van der Waals surface area contributed by atoms with Crippen LogP contribution in [-0.2, 0) is 13.2 Å². The Kier molecular flexibility index (Phi) is 4.52. The standard InChI is InChI=1S/C14H16FN3O3/c1-9(2)6-18-12(16-8-17-18)7-21-11-5-3-4-10(15)13(11)14(19)20/h3-5,8-9H,6-7H2,1-2H3,(H,19,20). The van der Waals surface area contributed by atoms with Gasteiger partial charge in [-0.1, -0.05) is 19.9 Å². The van der Waals surface area contributed by atoms with Gasteiger partial charge in [-0.05, 0) is 18.1 Å². The molecule has 0 aliphatic carbocycles. The number of halogens is 1. The molecular weight excluding hydrogens is 277 g/mol. The molecular formula is C14H16FN3O3. The monoisotopic (exact) mass is 293 g/mol. The average Bonchev–Trinajstić information content (AvgIpc) is 2.82. The molecule has 0 aliphatic heterocycles.